The molecular formula is C24H18N2O4. The van der Waals surface area contributed by atoms with Gasteiger partial charge in [-0.3, -0.25) is 4.79 Å². The third kappa shape index (κ3) is 4.28. The molecule has 0 atom stereocenters. The van der Waals surface area contributed by atoms with E-state index in [-0.39, 0.29) is 11.8 Å². The van der Waals surface area contributed by atoms with E-state index in [1.165, 1.54) is 6.08 Å². The molecule has 30 heavy (non-hydrogen) atoms. The van der Waals surface area contributed by atoms with Crippen LogP contribution in [0, 0.1) is 0 Å². The van der Waals surface area contributed by atoms with Crippen LogP contribution in [-0.4, -0.2) is 18.0 Å². The molecule has 0 saturated carbocycles. The molecule has 6 nitrogen and oxygen atoms in total. The van der Waals surface area contributed by atoms with Crippen LogP contribution in [0.1, 0.15) is 5.56 Å². The number of nitrogens with one attached hydrogen (secondary N) is 1. The van der Waals surface area contributed by atoms with E-state index in [4.69, 9.17) is 9.15 Å². The molecule has 0 fully saturated rings. The van der Waals surface area contributed by atoms with Crippen LogP contribution >= 0.6 is 0 Å². The zero-order valence-corrected chi connectivity index (χ0v) is 16.2. The lowest BCUT2D eigenvalue weighted by atomic mass is 10.2. The van der Waals surface area contributed by atoms with Crippen molar-refractivity contribution in [3.8, 4) is 17.2 Å². The summed E-state index contributed by atoms with van der Waals surface area (Å²) in [6, 6.07) is 21.3. The number of fused-ring (bicyclic) bond motifs is 1. The van der Waals surface area contributed by atoms with Gasteiger partial charge in [-0.25, -0.2) is 9.78 Å². The summed E-state index contributed by atoms with van der Waals surface area (Å²) in [5, 5.41) is 3.23. The smallest absolute Gasteiger partial charge is 0.347 e. The van der Waals surface area contributed by atoms with E-state index in [9.17, 15) is 9.59 Å². The van der Waals surface area contributed by atoms with Gasteiger partial charge < -0.3 is 14.5 Å². The fourth-order valence-corrected chi connectivity index (χ4v) is 2.91. The highest BCUT2D eigenvalue weighted by atomic mass is 16.5. The standard InChI is InChI=1S/C24H18N2O4/c1-29-19-13-6-16(7-14-19)8-15-22(27)25-18-11-9-17(10-12-18)23-26-21-5-3-2-4-20(21)24(28)30-23/h2-15H,1H3,(H,25,27)/b15-8+. The van der Waals surface area contributed by atoms with E-state index < -0.39 is 5.63 Å². The van der Waals surface area contributed by atoms with Crippen molar-refractivity contribution in [1.29, 1.82) is 0 Å². The maximum Gasteiger partial charge on any atom is 0.347 e. The first-order valence-corrected chi connectivity index (χ1v) is 9.26. The van der Waals surface area contributed by atoms with E-state index >= 15 is 0 Å². The van der Waals surface area contributed by atoms with E-state index in [1.807, 2.05) is 30.3 Å². The van der Waals surface area contributed by atoms with Crippen LogP contribution in [0.5, 0.6) is 5.75 Å². The molecule has 0 saturated heterocycles. The number of aromatic nitrogens is 1. The van der Waals surface area contributed by atoms with Gasteiger partial charge in [0.25, 0.3) is 0 Å². The van der Waals surface area contributed by atoms with Crippen LogP contribution in [0.15, 0.2) is 88.1 Å². The minimum atomic E-state index is -0.434. The average Bonchev–Trinajstić information content (AvgIpc) is 2.78. The zero-order chi connectivity index (χ0) is 20.9. The van der Waals surface area contributed by atoms with Crippen molar-refractivity contribution < 1.29 is 13.9 Å². The largest absolute Gasteiger partial charge is 0.497 e. The van der Waals surface area contributed by atoms with Crippen LogP contribution in [-0.2, 0) is 4.79 Å². The van der Waals surface area contributed by atoms with Gasteiger partial charge in [0, 0.05) is 17.3 Å². The lowest BCUT2D eigenvalue weighted by molar-refractivity contribution is -0.111. The molecule has 148 valence electrons. The Balaban J connectivity index is 1.46. The van der Waals surface area contributed by atoms with Gasteiger partial charge in [-0.05, 0) is 60.2 Å². The molecular weight excluding hydrogens is 380 g/mol. The van der Waals surface area contributed by atoms with E-state index in [0.717, 1.165) is 11.3 Å². The molecule has 0 aliphatic carbocycles. The summed E-state index contributed by atoms with van der Waals surface area (Å²) in [6.45, 7) is 0. The predicted octanol–water partition coefficient (Wildman–Crippen LogP) is 4.52. The third-order valence-electron chi connectivity index (χ3n) is 4.48. The molecule has 1 heterocycles. The second-order valence-corrected chi connectivity index (χ2v) is 6.50. The Bertz CT molecular complexity index is 1270. The van der Waals surface area contributed by atoms with E-state index in [0.29, 0.717) is 22.2 Å². The average molecular weight is 398 g/mol. The Morgan fingerprint density at radius 3 is 2.47 bits per heavy atom. The number of rotatable bonds is 5. The van der Waals surface area contributed by atoms with Gasteiger partial charge in [0.1, 0.15) is 5.75 Å². The van der Waals surface area contributed by atoms with E-state index in [2.05, 4.69) is 10.3 Å². The summed E-state index contributed by atoms with van der Waals surface area (Å²) >= 11 is 0. The quantitative estimate of drug-likeness (QED) is 0.500. The van der Waals surface area contributed by atoms with Crippen molar-refractivity contribution in [3.63, 3.8) is 0 Å². The second-order valence-electron chi connectivity index (χ2n) is 6.50. The molecule has 3 aromatic carbocycles. The third-order valence-corrected chi connectivity index (χ3v) is 4.48. The second kappa shape index (κ2) is 8.45. The van der Waals surface area contributed by atoms with Gasteiger partial charge in [-0.1, -0.05) is 24.3 Å². The summed E-state index contributed by atoms with van der Waals surface area (Å²) in [5.41, 5.74) is 2.29. The van der Waals surface area contributed by atoms with Crippen molar-refractivity contribution in [3.05, 3.63) is 94.9 Å². The molecule has 6 heteroatoms. The van der Waals surface area contributed by atoms with Gasteiger partial charge in [-0.15, -0.1) is 0 Å². The lowest BCUT2D eigenvalue weighted by Gasteiger charge is -2.05. The van der Waals surface area contributed by atoms with Gasteiger partial charge >= 0.3 is 5.63 Å². The number of para-hydroxylation sites is 1. The maximum atomic E-state index is 12.2. The number of amides is 1. The van der Waals surface area contributed by atoms with E-state index in [1.54, 1.807) is 55.7 Å². The zero-order valence-electron chi connectivity index (χ0n) is 16.2. The molecule has 0 radical (unpaired) electrons. The van der Waals surface area contributed by atoms with Crippen molar-refractivity contribution >= 4 is 28.6 Å². The number of methoxy groups -OCH3 is 1. The molecule has 0 aliphatic rings. The molecule has 1 amide bonds. The molecule has 0 unspecified atom stereocenters. The van der Waals surface area contributed by atoms with Gasteiger partial charge in [-0.2, -0.15) is 0 Å². The number of carbonyl (C=O) groups is 1. The highest BCUT2D eigenvalue weighted by Crippen LogP contribution is 2.21. The highest BCUT2D eigenvalue weighted by Gasteiger charge is 2.08. The summed E-state index contributed by atoms with van der Waals surface area (Å²) < 4.78 is 10.4. The lowest BCUT2D eigenvalue weighted by Crippen LogP contribution is -2.07. The summed E-state index contributed by atoms with van der Waals surface area (Å²) in [4.78, 5) is 28.7. The molecule has 1 N–H and O–H groups in total. The molecule has 0 spiro atoms. The van der Waals surface area contributed by atoms with Crippen molar-refractivity contribution in [1.82, 2.24) is 4.98 Å². The van der Waals surface area contributed by atoms with Crippen LogP contribution in [0.4, 0.5) is 5.69 Å². The number of hydrogen-bond donors (Lipinski definition) is 1. The Hall–Kier alpha value is -4.19. The predicted molar refractivity (Wildman–Crippen MR) is 116 cm³/mol. The first-order chi connectivity index (χ1) is 14.6. The summed E-state index contributed by atoms with van der Waals surface area (Å²) in [6.07, 6.45) is 3.18. The molecule has 4 rings (SSSR count). The Morgan fingerprint density at radius 2 is 1.73 bits per heavy atom. The van der Waals surface area contributed by atoms with Crippen LogP contribution in [0.25, 0.3) is 28.4 Å². The molecule has 0 bridgehead atoms. The fourth-order valence-electron chi connectivity index (χ4n) is 2.91. The van der Waals surface area contributed by atoms with Crippen molar-refractivity contribution in [2.24, 2.45) is 0 Å². The Labute approximate surface area is 172 Å². The summed E-state index contributed by atoms with van der Waals surface area (Å²) in [5.74, 6) is 0.735. The minimum Gasteiger partial charge on any atom is -0.497 e. The van der Waals surface area contributed by atoms with Crippen LogP contribution in [0.3, 0.4) is 0 Å². The topological polar surface area (TPSA) is 81.4 Å². The first kappa shape index (κ1) is 19.1. The Morgan fingerprint density at radius 1 is 1.00 bits per heavy atom. The number of nitrogens with zero attached hydrogens (tertiary/aromatic N) is 1. The highest BCUT2D eigenvalue weighted by molar-refractivity contribution is 6.02. The monoisotopic (exact) mass is 398 g/mol. The number of ether oxygens (including phenoxy) is 1. The van der Waals surface area contributed by atoms with Crippen LogP contribution < -0.4 is 15.7 Å². The normalized spacial score (nSPS) is 11.0. The number of benzene rings is 3. The number of carbonyl (C=O) groups excluding carboxylic acids is 1. The Kier molecular flexibility index (Phi) is 5.39. The summed E-state index contributed by atoms with van der Waals surface area (Å²) in [7, 11) is 1.60. The van der Waals surface area contributed by atoms with Gasteiger partial charge in [0.05, 0.1) is 18.0 Å². The molecule has 0 aliphatic heterocycles. The van der Waals surface area contributed by atoms with Crippen molar-refractivity contribution in [2.75, 3.05) is 12.4 Å². The molecule has 1 aromatic heterocycles. The van der Waals surface area contributed by atoms with Gasteiger partial charge in [0.2, 0.25) is 11.8 Å². The minimum absolute atomic E-state index is 0.232. The van der Waals surface area contributed by atoms with Crippen molar-refractivity contribution in [2.45, 2.75) is 0 Å². The number of hydrogen-bond acceptors (Lipinski definition) is 5. The van der Waals surface area contributed by atoms with Gasteiger partial charge in [0.15, 0.2) is 0 Å². The van der Waals surface area contributed by atoms with Crippen LogP contribution in [0.2, 0.25) is 0 Å². The maximum absolute atomic E-state index is 12.2. The molecule has 4 aromatic rings. The first-order valence-electron chi connectivity index (χ1n) is 9.26. The fraction of sp³-hybridized carbons (Fsp3) is 0.0417. The SMILES string of the molecule is COc1ccc(/C=C/C(=O)Nc2ccc(-c3nc4ccccc4c(=O)o3)cc2)cc1. The number of anilines is 1.